The molecule has 1 aromatic carbocycles. The van der Waals surface area contributed by atoms with E-state index in [1.807, 2.05) is 18.2 Å². The Labute approximate surface area is 80.3 Å². The summed E-state index contributed by atoms with van der Waals surface area (Å²) in [6, 6.07) is 9.09. The molecular formula is C9H9NO2S. The minimum Gasteiger partial charge on any atom is -0.481 e. The molecule has 0 aliphatic carbocycles. The van der Waals surface area contributed by atoms with E-state index in [0.29, 0.717) is 5.04 Å². The molecule has 0 aliphatic rings. The van der Waals surface area contributed by atoms with Crippen LogP contribution in [0.15, 0.2) is 30.3 Å². The van der Waals surface area contributed by atoms with Crippen LogP contribution in [0.5, 0.6) is 0 Å². The molecule has 0 saturated heterocycles. The number of rotatable bonds is 3. The van der Waals surface area contributed by atoms with Crippen LogP contribution in [0.25, 0.3) is 0 Å². The lowest BCUT2D eigenvalue weighted by Crippen LogP contribution is -2.02. The molecule has 68 valence electrons. The average Bonchev–Trinajstić information content (AvgIpc) is 2.15. The van der Waals surface area contributed by atoms with Gasteiger partial charge in [0.25, 0.3) is 0 Å². The quantitative estimate of drug-likeness (QED) is 0.571. The second-order valence-corrected chi connectivity index (χ2v) is 3.36. The van der Waals surface area contributed by atoms with Gasteiger partial charge in [0, 0.05) is 5.56 Å². The number of carboxylic acid groups (broad SMARTS) is 1. The lowest BCUT2D eigenvalue weighted by molar-refractivity contribution is -0.133. The summed E-state index contributed by atoms with van der Waals surface area (Å²) in [6.45, 7) is 0. The monoisotopic (exact) mass is 195 g/mol. The van der Waals surface area contributed by atoms with E-state index in [-0.39, 0.29) is 5.75 Å². The van der Waals surface area contributed by atoms with Crippen LogP contribution in [0.3, 0.4) is 0 Å². The van der Waals surface area contributed by atoms with E-state index in [2.05, 4.69) is 0 Å². The molecule has 0 unspecified atom stereocenters. The number of thioether (sulfide) groups is 1. The molecule has 0 atom stereocenters. The van der Waals surface area contributed by atoms with Crippen LogP contribution < -0.4 is 0 Å². The number of hydrogen-bond acceptors (Lipinski definition) is 3. The van der Waals surface area contributed by atoms with E-state index in [0.717, 1.165) is 17.3 Å². The molecule has 0 bridgehead atoms. The van der Waals surface area contributed by atoms with Crippen molar-refractivity contribution in [1.29, 1.82) is 5.41 Å². The van der Waals surface area contributed by atoms with E-state index in [4.69, 9.17) is 10.5 Å². The van der Waals surface area contributed by atoms with Gasteiger partial charge < -0.3 is 5.11 Å². The molecule has 0 aromatic heterocycles. The van der Waals surface area contributed by atoms with Gasteiger partial charge >= 0.3 is 5.97 Å². The molecule has 0 saturated carbocycles. The standard InChI is InChI=1S/C9H9NO2S/c10-9(13-6-8(11)12)7-4-2-1-3-5-7/h1-5,10H,6H2,(H,11,12). The van der Waals surface area contributed by atoms with Crippen LogP contribution in [-0.2, 0) is 4.79 Å². The number of benzene rings is 1. The summed E-state index contributed by atoms with van der Waals surface area (Å²) in [7, 11) is 0. The van der Waals surface area contributed by atoms with Crippen molar-refractivity contribution in [1.82, 2.24) is 0 Å². The Morgan fingerprint density at radius 3 is 2.54 bits per heavy atom. The molecule has 1 rings (SSSR count). The van der Waals surface area contributed by atoms with Crippen LogP contribution in [-0.4, -0.2) is 21.9 Å². The molecular weight excluding hydrogens is 186 g/mol. The summed E-state index contributed by atoms with van der Waals surface area (Å²) < 4.78 is 0. The summed E-state index contributed by atoms with van der Waals surface area (Å²) in [5.74, 6) is -0.959. The summed E-state index contributed by atoms with van der Waals surface area (Å²) in [5, 5.41) is 16.2. The normalized spacial score (nSPS) is 9.54. The zero-order chi connectivity index (χ0) is 9.68. The first-order valence-electron chi connectivity index (χ1n) is 3.68. The molecule has 0 amide bonds. The van der Waals surface area contributed by atoms with Crippen molar-refractivity contribution in [3.05, 3.63) is 35.9 Å². The van der Waals surface area contributed by atoms with Gasteiger partial charge in [-0.25, -0.2) is 0 Å². The maximum absolute atomic E-state index is 10.2. The van der Waals surface area contributed by atoms with Crippen molar-refractivity contribution in [2.24, 2.45) is 0 Å². The predicted molar refractivity (Wildman–Crippen MR) is 53.4 cm³/mol. The highest BCUT2D eigenvalue weighted by atomic mass is 32.2. The Morgan fingerprint density at radius 1 is 1.38 bits per heavy atom. The highest BCUT2D eigenvalue weighted by Crippen LogP contribution is 2.11. The Hall–Kier alpha value is -1.29. The van der Waals surface area contributed by atoms with Crippen molar-refractivity contribution in [3.8, 4) is 0 Å². The lowest BCUT2D eigenvalue weighted by atomic mass is 10.2. The maximum atomic E-state index is 10.2. The van der Waals surface area contributed by atoms with E-state index in [1.54, 1.807) is 12.1 Å². The third-order valence-corrected chi connectivity index (χ3v) is 2.29. The molecule has 0 aliphatic heterocycles. The Morgan fingerprint density at radius 2 is 2.00 bits per heavy atom. The number of carboxylic acids is 1. The van der Waals surface area contributed by atoms with Gasteiger partial charge in [0.1, 0.15) is 0 Å². The largest absolute Gasteiger partial charge is 0.481 e. The zero-order valence-corrected chi connectivity index (χ0v) is 7.67. The number of nitrogens with one attached hydrogen (secondary N) is 1. The van der Waals surface area contributed by atoms with Crippen LogP contribution in [0.1, 0.15) is 5.56 Å². The second-order valence-electron chi connectivity index (χ2n) is 2.38. The predicted octanol–water partition coefficient (Wildman–Crippen LogP) is 1.83. The first-order chi connectivity index (χ1) is 6.20. The first-order valence-corrected chi connectivity index (χ1v) is 4.67. The summed E-state index contributed by atoms with van der Waals surface area (Å²) in [4.78, 5) is 10.2. The summed E-state index contributed by atoms with van der Waals surface area (Å²) in [6.07, 6.45) is 0. The van der Waals surface area contributed by atoms with E-state index in [9.17, 15) is 4.79 Å². The molecule has 3 nitrogen and oxygen atoms in total. The topological polar surface area (TPSA) is 61.2 Å². The molecule has 0 radical (unpaired) electrons. The maximum Gasteiger partial charge on any atom is 0.313 e. The van der Waals surface area contributed by atoms with Crippen molar-refractivity contribution < 1.29 is 9.90 Å². The third kappa shape index (κ3) is 3.29. The van der Waals surface area contributed by atoms with Crippen LogP contribution >= 0.6 is 11.8 Å². The van der Waals surface area contributed by atoms with Crippen molar-refractivity contribution in [3.63, 3.8) is 0 Å². The number of aliphatic carboxylic acids is 1. The minimum absolute atomic E-state index is 0.0618. The van der Waals surface area contributed by atoms with Crippen LogP contribution in [0, 0.1) is 5.41 Å². The Balaban J connectivity index is 2.54. The molecule has 0 fully saturated rings. The zero-order valence-electron chi connectivity index (χ0n) is 6.86. The molecule has 13 heavy (non-hydrogen) atoms. The SMILES string of the molecule is N=C(SCC(=O)O)c1ccccc1. The second kappa shape index (κ2) is 4.67. The number of hydrogen-bond donors (Lipinski definition) is 2. The van der Waals surface area contributed by atoms with Gasteiger partial charge in [-0.15, -0.1) is 0 Å². The fourth-order valence-electron chi connectivity index (χ4n) is 0.807. The lowest BCUT2D eigenvalue weighted by Gasteiger charge is -2.00. The number of carbonyl (C=O) groups is 1. The van der Waals surface area contributed by atoms with Gasteiger partial charge in [-0.2, -0.15) is 0 Å². The smallest absolute Gasteiger partial charge is 0.313 e. The third-order valence-electron chi connectivity index (χ3n) is 1.38. The van der Waals surface area contributed by atoms with Gasteiger partial charge in [-0.05, 0) is 0 Å². The first kappa shape index (κ1) is 9.80. The van der Waals surface area contributed by atoms with E-state index < -0.39 is 5.97 Å². The molecule has 0 heterocycles. The van der Waals surface area contributed by atoms with Gasteiger partial charge in [-0.1, -0.05) is 42.1 Å². The fourth-order valence-corrected chi connectivity index (χ4v) is 1.38. The van der Waals surface area contributed by atoms with Gasteiger partial charge in [0.2, 0.25) is 0 Å². The van der Waals surface area contributed by atoms with Crippen molar-refractivity contribution >= 4 is 22.8 Å². The summed E-state index contributed by atoms with van der Waals surface area (Å²) in [5.41, 5.74) is 0.758. The molecule has 1 aromatic rings. The van der Waals surface area contributed by atoms with Gasteiger partial charge in [0.15, 0.2) is 0 Å². The minimum atomic E-state index is -0.898. The molecule has 2 N–H and O–H groups in total. The highest BCUT2D eigenvalue weighted by molar-refractivity contribution is 8.14. The van der Waals surface area contributed by atoms with Crippen LogP contribution in [0.2, 0.25) is 0 Å². The highest BCUT2D eigenvalue weighted by Gasteiger charge is 2.03. The van der Waals surface area contributed by atoms with Crippen LogP contribution in [0.4, 0.5) is 0 Å². The Bertz CT molecular complexity index is 311. The molecule has 4 heteroatoms. The average molecular weight is 195 g/mol. The van der Waals surface area contributed by atoms with E-state index >= 15 is 0 Å². The molecule has 0 spiro atoms. The van der Waals surface area contributed by atoms with Crippen molar-refractivity contribution in [2.75, 3.05) is 5.75 Å². The summed E-state index contributed by atoms with van der Waals surface area (Å²) >= 11 is 1.02. The van der Waals surface area contributed by atoms with Gasteiger partial charge in [-0.3, -0.25) is 10.2 Å². The Kier molecular flexibility index (Phi) is 3.52. The fraction of sp³-hybridized carbons (Fsp3) is 0.111. The van der Waals surface area contributed by atoms with Crippen molar-refractivity contribution in [2.45, 2.75) is 0 Å². The van der Waals surface area contributed by atoms with Gasteiger partial charge in [0.05, 0.1) is 10.8 Å². The van der Waals surface area contributed by atoms with E-state index in [1.165, 1.54) is 0 Å².